The second kappa shape index (κ2) is 5.25. The molecule has 0 aromatic carbocycles. The van der Waals surface area contributed by atoms with Gasteiger partial charge in [0.2, 0.25) is 0 Å². The van der Waals surface area contributed by atoms with Crippen LogP contribution in [0.2, 0.25) is 6.04 Å². The van der Waals surface area contributed by atoms with E-state index in [0.717, 1.165) is 25.2 Å². The Labute approximate surface area is 107 Å². The van der Waals surface area contributed by atoms with E-state index in [9.17, 15) is 0 Å². The zero-order chi connectivity index (χ0) is 12.4. The van der Waals surface area contributed by atoms with Crippen LogP contribution in [0.1, 0.15) is 46.0 Å². The quantitative estimate of drug-likeness (QED) is 0.643. The summed E-state index contributed by atoms with van der Waals surface area (Å²) < 4.78 is 12.1. The summed E-state index contributed by atoms with van der Waals surface area (Å²) in [5.74, 6) is 0.995. The number of fused-ring (bicyclic) bond motifs is 2. The minimum Gasteiger partial charge on any atom is -0.392 e. The van der Waals surface area contributed by atoms with Crippen LogP contribution in [-0.4, -0.2) is 21.8 Å². The SMILES string of the molecule is C=C[Si](CC12CCC(CC1)C2)(OCC)OCC. The number of hydrogen-bond acceptors (Lipinski definition) is 2. The molecule has 0 heterocycles. The third kappa shape index (κ3) is 2.66. The standard InChI is InChI=1S/C14H26O2Si/c1-4-15-17(6-3,16-5-2)12-14-9-7-13(11-14)8-10-14/h6,13H,3-5,7-12H2,1-2H3. The lowest BCUT2D eigenvalue weighted by atomic mass is 9.86. The summed E-state index contributed by atoms with van der Waals surface area (Å²) in [5, 5.41) is 0. The highest BCUT2D eigenvalue weighted by Crippen LogP contribution is 2.58. The van der Waals surface area contributed by atoms with E-state index in [4.69, 9.17) is 8.85 Å². The maximum absolute atomic E-state index is 6.03. The highest BCUT2D eigenvalue weighted by molar-refractivity contribution is 6.72. The second-order valence-corrected chi connectivity index (χ2v) is 8.67. The minimum absolute atomic E-state index is 0.537. The summed E-state index contributed by atoms with van der Waals surface area (Å²) in [6, 6.07) is 1.14. The summed E-state index contributed by atoms with van der Waals surface area (Å²) in [6.07, 6.45) is 7.05. The predicted octanol–water partition coefficient (Wildman–Crippen LogP) is 3.81. The van der Waals surface area contributed by atoms with E-state index in [2.05, 4.69) is 20.4 Å². The fourth-order valence-electron chi connectivity index (χ4n) is 3.90. The Morgan fingerprint density at radius 3 is 2.18 bits per heavy atom. The van der Waals surface area contributed by atoms with Crippen LogP contribution in [0, 0.1) is 11.3 Å². The zero-order valence-electron chi connectivity index (χ0n) is 11.3. The lowest BCUT2D eigenvalue weighted by Crippen LogP contribution is -2.44. The molecule has 0 aromatic heterocycles. The minimum atomic E-state index is -2.14. The third-order valence-electron chi connectivity index (χ3n) is 4.60. The van der Waals surface area contributed by atoms with Gasteiger partial charge >= 0.3 is 8.56 Å². The molecule has 0 spiro atoms. The maximum Gasteiger partial charge on any atom is 0.365 e. The molecule has 0 radical (unpaired) electrons. The van der Waals surface area contributed by atoms with Crippen molar-refractivity contribution in [2.45, 2.75) is 52.0 Å². The van der Waals surface area contributed by atoms with E-state index in [1.165, 1.54) is 32.1 Å². The van der Waals surface area contributed by atoms with Crippen LogP contribution in [0.15, 0.2) is 12.3 Å². The molecule has 2 aliphatic rings. The van der Waals surface area contributed by atoms with Gasteiger partial charge in [0, 0.05) is 19.3 Å². The molecule has 0 unspecified atom stereocenters. The van der Waals surface area contributed by atoms with Crippen LogP contribution >= 0.6 is 0 Å². The van der Waals surface area contributed by atoms with Gasteiger partial charge in [-0.25, -0.2) is 0 Å². The first kappa shape index (κ1) is 13.3. The van der Waals surface area contributed by atoms with Crippen LogP contribution in [0.3, 0.4) is 0 Å². The van der Waals surface area contributed by atoms with Gasteiger partial charge in [0.1, 0.15) is 0 Å². The average molecular weight is 254 g/mol. The van der Waals surface area contributed by atoms with Crippen molar-refractivity contribution in [2.75, 3.05) is 13.2 Å². The molecule has 2 fully saturated rings. The molecular weight excluding hydrogens is 228 g/mol. The van der Waals surface area contributed by atoms with Crippen molar-refractivity contribution in [3.05, 3.63) is 12.3 Å². The zero-order valence-corrected chi connectivity index (χ0v) is 12.3. The molecule has 0 saturated heterocycles. The lowest BCUT2D eigenvalue weighted by molar-refractivity contribution is 0.173. The normalized spacial score (nSPS) is 32.0. The molecule has 2 saturated carbocycles. The Balaban J connectivity index is 2.08. The summed E-state index contributed by atoms with van der Waals surface area (Å²) >= 11 is 0. The van der Waals surface area contributed by atoms with Gasteiger partial charge in [-0.15, -0.1) is 6.58 Å². The van der Waals surface area contributed by atoms with E-state index < -0.39 is 8.56 Å². The van der Waals surface area contributed by atoms with Crippen LogP contribution in [0.5, 0.6) is 0 Å². The summed E-state index contributed by atoms with van der Waals surface area (Å²) in [5.41, 5.74) is 2.55. The molecule has 2 aliphatic carbocycles. The Kier molecular flexibility index (Phi) is 4.11. The molecule has 0 N–H and O–H groups in total. The predicted molar refractivity (Wildman–Crippen MR) is 73.0 cm³/mol. The fourth-order valence-corrected chi connectivity index (χ4v) is 7.09. The summed E-state index contributed by atoms with van der Waals surface area (Å²) in [6.45, 7) is 9.63. The van der Waals surface area contributed by atoms with Gasteiger partial charge in [0.05, 0.1) is 0 Å². The molecular formula is C14H26O2Si. The molecule has 17 heavy (non-hydrogen) atoms. The van der Waals surface area contributed by atoms with E-state index in [-0.39, 0.29) is 0 Å². The van der Waals surface area contributed by atoms with Crippen LogP contribution in [0.25, 0.3) is 0 Å². The van der Waals surface area contributed by atoms with Gasteiger partial charge in [-0.2, -0.15) is 0 Å². The van der Waals surface area contributed by atoms with Crippen molar-refractivity contribution in [3.63, 3.8) is 0 Å². The monoisotopic (exact) mass is 254 g/mol. The molecule has 0 aliphatic heterocycles. The van der Waals surface area contributed by atoms with Gasteiger partial charge in [0.25, 0.3) is 0 Å². The van der Waals surface area contributed by atoms with E-state index >= 15 is 0 Å². The van der Waals surface area contributed by atoms with Crippen LogP contribution < -0.4 is 0 Å². The van der Waals surface area contributed by atoms with E-state index in [0.29, 0.717) is 5.41 Å². The highest BCUT2D eigenvalue weighted by Gasteiger charge is 2.51. The largest absolute Gasteiger partial charge is 0.392 e. The average Bonchev–Trinajstić information content (AvgIpc) is 2.89. The van der Waals surface area contributed by atoms with E-state index in [1.54, 1.807) is 0 Å². The smallest absolute Gasteiger partial charge is 0.365 e. The molecule has 3 heteroatoms. The van der Waals surface area contributed by atoms with Crippen LogP contribution in [-0.2, 0) is 8.85 Å². The van der Waals surface area contributed by atoms with Crippen molar-refractivity contribution in [1.82, 2.24) is 0 Å². The van der Waals surface area contributed by atoms with Crippen LogP contribution in [0.4, 0.5) is 0 Å². The van der Waals surface area contributed by atoms with Crippen molar-refractivity contribution < 1.29 is 8.85 Å². The van der Waals surface area contributed by atoms with Gasteiger partial charge in [0.15, 0.2) is 0 Å². The Hall–Kier alpha value is -0.123. The fraction of sp³-hybridized carbons (Fsp3) is 0.857. The summed E-state index contributed by atoms with van der Waals surface area (Å²) in [7, 11) is -2.14. The van der Waals surface area contributed by atoms with Crippen molar-refractivity contribution in [3.8, 4) is 0 Å². The molecule has 0 amide bonds. The molecule has 0 atom stereocenters. The van der Waals surface area contributed by atoms with Gasteiger partial charge in [-0.3, -0.25) is 0 Å². The summed E-state index contributed by atoms with van der Waals surface area (Å²) in [4.78, 5) is 0. The lowest BCUT2D eigenvalue weighted by Gasteiger charge is -2.36. The van der Waals surface area contributed by atoms with Gasteiger partial charge < -0.3 is 8.85 Å². The first-order valence-electron chi connectivity index (χ1n) is 7.09. The van der Waals surface area contributed by atoms with Gasteiger partial charge in [-0.1, -0.05) is 0 Å². The third-order valence-corrected chi connectivity index (χ3v) is 8.02. The first-order valence-corrected chi connectivity index (χ1v) is 9.19. The van der Waals surface area contributed by atoms with Crippen molar-refractivity contribution in [2.24, 2.45) is 11.3 Å². The highest BCUT2D eigenvalue weighted by atomic mass is 28.4. The Morgan fingerprint density at radius 2 is 1.82 bits per heavy atom. The maximum atomic E-state index is 6.03. The van der Waals surface area contributed by atoms with Crippen molar-refractivity contribution >= 4 is 8.56 Å². The van der Waals surface area contributed by atoms with Gasteiger partial charge in [-0.05, 0) is 63.0 Å². The van der Waals surface area contributed by atoms with Crippen molar-refractivity contribution in [1.29, 1.82) is 0 Å². The first-order chi connectivity index (χ1) is 8.17. The second-order valence-electron chi connectivity index (χ2n) is 5.71. The number of hydrogen-bond donors (Lipinski definition) is 0. The molecule has 98 valence electrons. The molecule has 2 rings (SSSR count). The molecule has 2 bridgehead atoms. The molecule has 0 aromatic rings. The Bertz CT molecular complexity index is 263. The Morgan fingerprint density at radius 1 is 1.24 bits per heavy atom. The molecule has 2 nitrogen and oxygen atoms in total. The topological polar surface area (TPSA) is 18.5 Å². The van der Waals surface area contributed by atoms with E-state index in [1.807, 2.05) is 5.70 Å². The number of rotatable bonds is 7.